The van der Waals surface area contributed by atoms with Crippen molar-refractivity contribution in [2.75, 3.05) is 50.7 Å². The van der Waals surface area contributed by atoms with E-state index in [2.05, 4.69) is 65.6 Å². The molecular formula is C38H56N4O2. The first-order valence-corrected chi connectivity index (χ1v) is 18.1. The first kappa shape index (κ1) is 29.7. The van der Waals surface area contributed by atoms with Crippen LogP contribution < -0.4 is 4.90 Å². The second-order valence-electron chi connectivity index (χ2n) is 16.2. The topological polar surface area (TPSA) is 52.1 Å². The monoisotopic (exact) mass is 600 g/mol. The zero-order valence-electron chi connectivity index (χ0n) is 27.8. The maximum absolute atomic E-state index is 10.4. The van der Waals surface area contributed by atoms with Gasteiger partial charge in [0.25, 0.3) is 0 Å². The maximum atomic E-state index is 10.4. The zero-order valence-corrected chi connectivity index (χ0v) is 27.8. The largest absolute Gasteiger partial charge is 0.393 e. The molecule has 240 valence electrons. The fraction of sp³-hybridized carbons (Fsp3) is 0.763. The van der Waals surface area contributed by atoms with Crippen LogP contribution in [0.2, 0.25) is 0 Å². The number of fused-ring (bicyclic) bond motifs is 6. The first-order valence-electron chi connectivity index (χ1n) is 18.1. The molecule has 1 aromatic rings. The van der Waals surface area contributed by atoms with Gasteiger partial charge in [0.05, 0.1) is 17.8 Å². The second-order valence-corrected chi connectivity index (χ2v) is 16.2. The van der Waals surface area contributed by atoms with E-state index >= 15 is 0 Å². The quantitative estimate of drug-likeness (QED) is 0.433. The van der Waals surface area contributed by atoms with E-state index in [4.69, 9.17) is 4.74 Å². The lowest BCUT2D eigenvalue weighted by Gasteiger charge is -2.49. The number of likely N-dealkylation sites (tertiary alicyclic amines) is 1. The minimum Gasteiger partial charge on any atom is -0.393 e. The maximum Gasteiger partial charge on any atom is 0.128 e. The second kappa shape index (κ2) is 11.2. The van der Waals surface area contributed by atoms with Gasteiger partial charge in [-0.3, -0.25) is 9.80 Å². The highest BCUT2D eigenvalue weighted by atomic mass is 16.5. The third kappa shape index (κ3) is 4.67. The summed E-state index contributed by atoms with van der Waals surface area (Å²) in [6.45, 7) is 17.9. The number of rotatable bonds is 4. The number of aromatic nitrogens is 1. The van der Waals surface area contributed by atoms with Crippen molar-refractivity contribution < 1.29 is 9.84 Å². The Bertz CT molecular complexity index is 1290. The van der Waals surface area contributed by atoms with E-state index in [9.17, 15) is 5.11 Å². The molecule has 2 saturated carbocycles. The number of piperazine rings is 1. The number of hydrogen-bond donors (Lipinski definition) is 1. The highest BCUT2D eigenvalue weighted by molar-refractivity contribution is 5.39. The number of aliphatic hydroxyl groups excluding tert-OH is 1. The van der Waals surface area contributed by atoms with Crippen LogP contribution in [0.4, 0.5) is 5.82 Å². The molecule has 4 aliphatic carbocycles. The molecule has 3 saturated heterocycles. The van der Waals surface area contributed by atoms with Crippen molar-refractivity contribution in [3.05, 3.63) is 47.2 Å². The molecule has 6 heteroatoms. The lowest BCUT2D eigenvalue weighted by atomic mass is 9.56. The Morgan fingerprint density at radius 2 is 1.89 bits per heavy atom. The molecule has 8 rings (SSSR count). The molecule has 1 spiro atoms. The molecule has 0 unspecified atom stereocenters. The number of anilines is 1. The van der Waals surface area contributed by atoms with Crippen LogP contribution in [0, 0.1) is 35.0 Å². The lowest BCUT2D eigenvalue weighted by Crippen LogP contribution is -2.55. The van der Waals surface area contributed by atoms with Gasteiger partial charge in [-0.15, -0.1) is 0 Å². The number of aliphatic hydroxyl groups is 1. The van der Waals surface area contributed by atoms with Gasteiger partial charge < -0.3 is 14.7 Å². The van der Waals surface area contributed by atoms with Crippen molar-refractivity contribution in [2.45, 2.75) is 103 Å². The van der Waals surface area contributed by atoms with Gasteiger partial charge in [-0.25, -0.2) is 4.98 Å². The van der Waals surface area contributed by atoms with Gasteiger partial charge in [0.1, 0.15) is 5.82 Å². The van der Waals surface area contributed by atoms with Crippen molar-refractivity contribution in [1.29, 1.82) is 0 Å². The standard InChI is InChI=1S/C38H56N4O2/c1-25-21-34-36(42(24-25)20-17-40-15-18-41(19-16-40)35-7-5-6-14-39-35)27(3)38(44-34)13-11-30-31-9-8-28-22-29(43)10-12-37(28,4)33(31)23-32(30)26(38)2/h5-8,14,25,27,29-31,33-34,36,43H,9-13,15-24H2,1-4H3/t25-,27+,29-,30-,31-,33-,34+,36-,37-,38-/m0/s1. The summed E-state index contributed by atoms with van der Waals surface area (Å²) >= 11 is 0. The normalized spacial score (nSPS) is 44.3. The summed E-state index contributed by atoms with van der Waals surface area (Å²) in [5.41, 5.74) is 5.19. The summed E-state index contributed by atoms with van der Waals surface area (Å²) in [7, 11) is 0. The predicted molar refractivity (Wildman–Crippen MR) is 176 cm³/mol. The minimum absolute atomic E-state index is 0.0782. The molecule has 0 bridgehead atoms. The van der Waals surface area contributed by atoms with Gasteiger partial charge in [0.2, 0.25) is 0 Å². The molecule has 7 aliphatic rings. The third-order valence-electron chi connectivity index (χ3n) is 14.1. The van der Waals surface area contributed by atoms with E-state index in [1.54, 1.807) is 16.7 Å². The fourth-order valence-electron chi connectivity index (χ4n) is 11.7. The Morgan fingerprint density at radius 1 is 1.05 bits per heavy atom. The molecule has 4 heterocycles. The number of allylic oxidation sites excluding steroid dienone is 2. The molecule has 1 aromatic heterocycles. The van der Waals surface area contributed by atoms with Crippen molar-refractivity contribution in [1.82, 2.24) is 14.8 Å². The number of hydrogen-bond acceptors (Lipinski definition) is 6. The van der Waals surface area contributed by atoms with Crippen LogP contribution in [0.3, 0.4) is 0 Å². The van der Waals surface area contributed by atoms with Crippen LogP contribution in [0.25, 0.3) is 0 Å². The van der Waals surface area contributed by atoms with E-state index < -0.39 is 0 Å². The van der Waals surface area contributed by atoms with Crippen molar-refractivity contribution in [3.63, 3.8) is 0 Å². The Kier molecular flexibility index (Phi) is 7.56. The van der Waals surface area contributed by atoms with Gasteiger partial charge in [-0.2, -0.15) is 0 Å². The average molecular weight is 601 g/mol. The highest BCUT2D eigenvalue weighted by Crippen LogP contribution is 2.65. The number of pyridine rings is 1. The van der Waals surface area contributed by atoms with E-state index in [1.165, 1.54) is 38.6 Å². The zero-order chi connectivity index (χ0) is 30.2. The summed E-state index contributed by atoms with van der Waals surface area (Å²) in [6.07, 6.45) is 13.9. The smallest absolute Gasteiger partial charge is 0.128 e. The molecule has 5 fully saturated rings. The molecule has 44 heavy (non-hydrogen) atoms. The number of piperidine rings is 1. The van der Waals surface area contributed by atoms with Gasteiger partial charge in [0.15, 0.2) is 0 Å². The van der Waals surface area contributed by atoms with Gasteiger partial charge in [0, 0.05) is 64.0 Å². The first-order chi connectivity index (χ1) is 21.3. The Hall–Kier alpha value is -1.73. The SMILES string of the molecule is CC1=C2C[C@H]3[C@@H](CC=C4C[C@@H](O)CC[C@@]43C)[C@@H]2CC[C@]12O[C@@H]1C[C@H](C)CN(CCN3CCN(c4ccccn4)CC3)[C@H]1[C@H]2C. The summed E-state index contributed by atoms with van der Waals surface area (Å²) in [5.74, 6) is 4.61. The van der Waals surface area contributed by atoms with E-state index in [0.717, 1.165) is 82.1 Å². The Morgan fingerprint density at radius 3 is 2.68 bits per heavy atom. The minimum atomic E-state index is -0.128. The predicted octanol–water partition coefficient (Wildman–Crippen LogP) is 5.93. The Balaban J connectivity index is 0.975. The van der Waals surface area contributed by atoms with E-state index in [0.29, 0.717) is 24.0 Å². The van der Waals surface area contributed by atoms with Crippen LogP contribution in [-0.2, 0) is 4.74 Å². The van der Waals surface area contributed by atoms with Crippen LogP contribution in [0.15, 0.2) is 47.2 Å². The average Bonchev–Trinajstić information content (AvgIpc) is 3.55. The van der Waals surface area contributed by atoms with Crippen molar-refractivity contribution >= 4 is 5.82 Å². The van der Waals surface area contributed by atoms with Crippen LogP contribution in [-0.4, -0.2) is 89.6 Å². The molecule has 10 atom stereocenters. The van der Waals surface area contributed by atoms with Crippen molar-refractivity contribution in [3.8, 4) is 0 Å². The van der Waals surface area contributed by atoms with Gasteiger partial charge in [-0.05, 0) is 105 Å². The molecule has 0 radical (unpaired) electrons. The van der Waals surface area contributed by atoms with Crippen LogP contribution >= 0.6 is 0 Å². The van der Waals surface area contributed by atoms with Crippen LogP contribution in [0.5, 0.6) is 0 Å². The molecule has 0 amide bonds. The highest BCUT2D eigenvalue weighted by Gasteiger charge is 2.61. The van der Waals surface area contributed by atoms with Crippen molar-refractivity contribution in [2.24, 2.45) is 35.0 Å². The summed E-state index contributed by atoms with van der Waals surface area (Å²) in [4.78, 5) is 12.5. The summed E-state index contributed by atoms with van der Waals surface area (Å²) < 4.78 is 7.41. The van der Waals surface area contributed by atoms with Gasteiger partial charge >= 0.3 is 0 Å². The third-order valence-corrected chi connectivity index (χ3v) is 14.1. The molecule has 6 nitrogen and oxygen atoms in total. The Labute approximate surface area is 265 Å². The lowest BCUT2D eigenvalue weighted by molar-refractivity contribution is -0.0653. The number of nitrogens with zero attached hydrogens (tertiary/aromatic N) is 4. The van der Waals surface area contributed by atoms with Crippen LogP contribution in [0.1, 0.15) is 79.1 Å². The molecular weight excluding hydrogens is 544 g/mol. The summed E-state index contributed by atoms with van der Waals surface area (Å²) in [6, 6.07) is 6.77. The van der Waals surface area contributed by atoms with E-state index in [-0.39, 0.29) is 17.1 Å². The molecule has 0 aromatic carbocycles. The molecule has 3 aliphatic heterocycles. The molecule has 1 N–H and O–H groups in total. The van der Waals surface area contributed by atoms with Gasteiger partial charge in [-0.1, -0.05) is 44.1 Å². The fourth-order valence-corrected chi connectivity index (χ4v) is 11.7. The summed E-state index contributed by atoms with van der Waals surface area (Å²) in [5, 5.41) is 10.4. The van der Waals surface area contributed by atoms with E-state index in [1.807, 2.05) is 12.3 Å². The number of ether oxygens (including phenoxy) is 1.